The molecule has 0 spiro atoms. The van der Waals surface area contributed by atoms with Gasteiger partial charge < -0.3 is 0 Å². The minimum Gasteiger partial charge on any atom is -0.192 e. The first-order chi connectivity index (χ1) is 10.0. The van der Waals surface area contributed by atoms with Gasteiger partial charge in [0, 0.05) is 5.56 Å². The van der Waals surface area contributed by atoms with Gasteiger partial charge in [0.05, 0.1) is 16.1 Å². The van der Waals surface area contributed by atoms with Gasteiger partial charge in [0.15, 0.2) is 0 Å². The SMILES string of the molecule is FC(F)(F)c1ccc(-c2cc(-c3ccccc3)ns2)cc1. The van der Waals surface area contributed by atoms with Crippen molar-refractivity contribution in [3.05, 3.63) is 66.2 Å². The number of hydrogen-bond donors (Lipinski definition) is 0. The molecule has 0 N–H and O–H groups in total. The molecular weight excluding hydrogens is 295 g/mol. The Morgan fingerprint density at radius 3 is 2.10 bits per heavy atom. The highest BCUT2D eigenvalue weighted by molar-refractivity contribution is 7.09. The third-order valence-electron chi connectivity index (χ3n) is 3.08. The van der Waals surface area contributed by atoms with Gasteiger partial charge in [-0.1, -0.05) is 42.5 Å². The lowest BCUT2D eigenvalue weighted by molar-refractivity contribution is -0.137. The quantitative estimate of drug-likeness (QED) is 0.609. The zero-order valence-electron chi connectivity index (χ0n) is 10.8. The first kappa shape index (κ1) is 13.8. The Morgan fingerprint density at radius 1 is 0.810 bits per heavy atom. The predicted octanol–water partition coefficient (Wildman–Crippen LogP) is 5.50. The average Bonchev–Trinajstić information content (AvgIpc) is 2.97. The molecule has 0 aliphatic carbocycles. The molecule has 21 heavy (non-hydrogen) atoms. The highest BCUT2D eigenvalue weighted by atomic mass is 32.1. The number of nitrogens with zero attached hydrogens (tertiary/aromatic N) is 1. The van der Waals surface area contributed by atoms with Crippen molar-refractivity contribution in [3.8, 4) is 21.7 Å². The summed E-state index contributed by atoms with van der Waals surface area (Å²) in [4.78, 5) is 0.850. The molecule has 1 heterocycles. The molecule has 1 nitrogen and oxygen atoms in total. The number of benzene rings is 2. The van der Waals surface area contributed by atoms with Crippen molar-refractivity contribution in [2.75, 3.05) is 0 Å². The second-order valence-electron chi connectivity index (χ2n) is 4.52. The fourth-order valence-electron chi connectivity index (χ4n) is 1.98. The van der Waals surface area contributed by atoms with Gasteiger partial charge in [-0.15, -0.1) is 0 Å². The second-order valence-corrected chi connectivity index (χ2v) is 5.32. The molecule has 0 unspecified atom stereocenters. The summed E-state index contributed by atoms with van der Waals surface area (Å²) in [5.41, 5.74) is 1.92. The minimum absolute atomic E-state index is 0.640. The van der Waals surface area contributed by atoms with Crippen molar-refractivity contribution in [2.24, 2.45) is 0 Å². The van der Waals surface area contributed by atoms with Crippen LogP contribution in [0.15, 0.2) is 60.7 Å². The Labute approximate surface area is 123 Å². The lowest BCUT2D eigenvalue weighted by Gasteiger charge is -2.06. The summed E-state index contributed by atoms with van der Waals surface area (Å²) < 4.78 is 42.0. The van der Waals surface area contributed by atoms with Crippen molar-refractivity contribution >= 4 is 11.5 Å². The summed E-state index contributed by atoms with van der Waals surface area (Å²) in [6, 6.07) is 16.7. The lowest BCUT2D eigenvalue weighted by atomic mass is 10.1. The smallest absolute Gasteiger partial charge is 0.192 e. The van der Waals surface area contributed by atoms with Crippen LogP contribution in [0.3, 0.4) is 0 Å². The van der Waals surface area contributed by atoms with Gasteiger partial charge >= 0.3 is 6.18 Å². The van der Waals surface area contributed by atoms with E-state index >= 15 is 0 Å². The molecule has 0 saturated heterocycles. The third kappa shape index (κ3) is 2.97. The summed E-state index contributed by atoms with van der Waals surface area (Å²) in [5, 5.41) is 0. The van der Waals surface area contributed by atoms with Crippen LogP contribution in [0, 0.1) is 0 Å². The molecule has 2 aromatic carbocycles. The van der Waals surface area contributed by atoms with Crippen molar-refractivity contribution in [1.29, 1.82) is 0 Å². The molecule has 0 aliphatic rings. The summed E-state index contributed by atoms with van der Waals surface area (Å²) >= 11 is 1.28. The minimum atomic E-state index is -4.30. The van der Waals surface area contributed by atoms with Gasteiger partial charge in [0.25, 0.3) is 0 Å². The van der Waals surface area contributed by atoms with E-state index < -0.39 is 11.7 Å². The van der Waals surface area contributed by atoms with Crippen LogP contribution in [0.5, 0.6) is 0 Å². The normalized spacial score (nSPS) is 11.6. The molecule has 0 aliphatic heterocycles. The van der Waals surface area contributed by atoms with Crippen molar-refractivity contribution in [3.63, 3.8) is 0 Å². The molecule has 0 amide bonds. The average molecular weight is 305 g/mol. The van der Waals surface area contributed by atoms with Crippen LogP contribution in [0.4, 0.5) is 13.2 Å². The first-order valence-corrected chi connectivity index (χ1v) is 7.01. The molecular formula is C16H10F3NS. The van der Waals surface area contributed by atoms with Crippen molar-refractivity contribution in [2.45, 2.75) is 6.18 Å². The van der Waals surface area contributed by atoms with Gasteiger partial charge in [-0.05, 0) is 35.3 Å². The zero-order chi connectivity index (χ0) is 14.9. The Balaban J connectivity index is 1.90. The van der Waals surface area contributed by atoms with Crippen LogP contribution in [-0.4, -0.2) is 4.37 Å². The molecule has 3 aromatic rings. The van der Waals surface area contributed by atoms with Gasteiger partial charge in [-0.3, -0.25) is 0 Å². The zero-order valence-corrected chi connectivity index (χ0v) is 11.6. The van der Waals surface area contributed by atoms with Crippen molar-refractivity contribution in [1.82, 2.24) is 4.37 Å². The third-order valence-corrected chi connectivity index (χ3v) is 3.91. The van der Waals surface area contributed by atoms with Crippen LogP contribution < -0.4 is 0 Å². The van der Waals surface area contributed by atoms with E-state index in [1.54, 1.807) is 0 Å². The van der Waals surface area contributed by atoms with E-state index in [0.717, 1.165) is 33.8 Å². The highest BCUT2D eigenvalue weighted by Crippen LogP contribution is 2.33. The fourth-order valence-corrected chi connectivity index (χ4v) is 2.74. The standard InChI is InChI=1S/C16H10F3NS/c17-16(18,19)13-8-6-12(7-9-13)15-10-14(20-21-15)11-4-2-1-3-5-11/h1-10H. The van der Waals surface area contributed by atoms with E-state index in [1.807, 2.05) is 36.4 Å². The van der Waals surface area contributed by atoms with E-state index in [1.165, 1.54) is 23.7 Å². The predicted molar refractivity (Wildman–Crippen MR) is 78.0 cm³/mol. The topological polar surface area (TPSA) is 12.9 Å². The molecule has 106 valence electrons. The highest BCUT2D eigenvalue weighted by Gasteiger charge is 2.30. The van der Waals surface area contributed by atoms with Crippen LogP contribution in [0.1, 0.15) is 5.56 Å². The second kappa shape index (κ2) is 5.33. The number of hydrogen-bond acceptors (Lipinski definition) is 2. The summed E-state index contributed by atoms with van der Waals surface area (Å²) in [7, 11) is 0. The maximum Gasteiger partial charge on any atom is 0.416 e. The summed E-state index contributed by atoms with van der Waals surface area (Å²) in [6.07, 6.45) is -4.30. The van der Waals surface area contributed by atoms with Crippen LogP contribution in [0.2, 0.25) is 0 Å². The Bertz CT molecular complexity index is 730. The Morgan fingerprint density at radius 2 is 1.48 bits per heavy atom. The Kier molecular flexibility index (Phi) is 3.51. The summed E-state index contributed by atoms with van der Waals surface area (Å²) in [5.74, 6) is 0. The molecule has 0 fully saturated rings. The maximum absolute atomic E-state index is 12.5. The Hall–Kier alpha value is -2.14. The number of aromatic nitrogens is 1. The monoisotopic (exact) mass is 305 g/mol. The molecule has 0 saturated carbocycles. The number of rotatable bonds is 2. The maximum atomic E-state index is 12.5. The van der Waals surface area contributed by atoms with Crippen LogP contribution >= 0.6 is 11.5 Å². The van der Waals surface area contributed by atoms with E-state index in [2.05, 4.69) is 4.37 Å². The van der Waals surface area contributed by atoms with Gasteiger partial charge in [-0.25, -0.2) is 0 Å². The summed E-state index contributed by atoms with van der Waals surface area (Å²) in [6.45, 7) is 0. The van der Waals surface area contributed by atoms with Crippen molar-refractivity contribution < 1.29 is 13.2 Å². The van der Waals surface area contributed by atoms with Crippen LogP contribution in [0.25, 0.3) is 21.7 Å². The largest absolute Gasteiger partial charge is 0.416 e. The molecule has 0 radical (unpaired) electrons. The van der Waals surface area contributed by atoms with Gasteiger partial charge in [0.2, 0.25) is 0 Å². The molecule has 0 bridgehead atoms. The van der Waals surface area contributed by atoms with E-state index in [4.69, 9.17) is 0 Å². The molecule has 3 rings (SSSR count). The molecule has 1 aromatic heterocycles. The van der Waals surface area contributed by atoms with E-state index in [0.29, 0.717) is 0 Å². The van der Waals surface area contributed by atoms with Gasteiger partial charge in [0.1, 0.15) is 0 Å². The number of alkyl halides is 3. The van der Waals surface area contributed by atoms with E-state index in [9.17, 15) is 13.2 Å². The van der Waals surface area contributed by atoms with Gasteiger partial charge in [-0.2, -0.15) is 17.5 Å². The lowest BCUT2D eigenvalue weighted by Crippen LogP contribution is -2.03. The fraction of sp³-hybridized carbons (Fsp3) is 0.0625. The first-order valence-electron chi connectivity index (χ1n) is 6.24. The number of halogens is 3. The van der Waals surface area contributed by atoms with Crippen LogP contribution in [-0.2, 0) is 6.18 Å². The van der Waals surface area contributed by atoms with E-state index in [-0.39, 0.29) is 0 Å². The molecule has 5 heteroatoms. The molecule has 0 atom stereocenters.